The van der Waals surface area contributed by atoms with E-state index in [1.807, 2.05) is 14.0 Å². The Hall–Kier alpha value is -1.63. The van der Waals surface area contributed by atoms with Gasteiger partial charge in [-0.1, -0.05) is 0 Å². The van der Waals surface area contributed by atoms with Crippen molar-refractivity contribution in [1.82, 2.24) is 24.5 Å². The molecule has 7 heteroatoms. The van der Waals surface area contributed by atoms with Crippen LogP contribution in [0.4, 0.5) is 0 Å². The van der Waals surface area contributed by atoms with E-state index in [0.29, 0.717) is 18.8 Å². The summed E-state index contributed by atoms with van der Waals surface area (Å²) in [7, 11) is 3.63. The van der Waals surface area contributed by atoms with E-state index >= 15 is 0 Å². The van der Waals surface area contributed by atoms with Gasteiger partial charge in [-0.3, -0.25) is 14.2 Å². The first-order chi connectivity index (χ1) is 9.04. The fraction of sp³-hybridized carbons (Fsp3) is 0.417. The van der Waals surface area contributed by atoms with Gasteiger partial charge in [-0.2, -0.15) is 10.2 Å². The molecule has 1 amide bonds. The Morgan fingerprint density at radius 2 is 2.21 bits per heavy atom. The van der Waals surface area contributed by atoms with Crippen LogP contribution in [0.5, 0.6) is 0 Å². The number of carbonyl (C=O) groups excluding carboxylic acids is 1. The van der Waals surface area contributed by atoms with Crippen molar-refractivity contribution in [2.45, 2.75) is 20.0 Å². The molecule has 0 aliphatic heterocycles. The van der Waals surface area contributed by atoms with Crippen LogP contribution in [-0.4, -0.2) is 37.4 Å². The SMILES string of the molecule is CCn1nccc1C(=O)N(C)Cc1c(Br)cnn1C. The number of hydrogen-bond donors (Lipinski definition) is 0. The summed E-state index contributed by atoms with van der Waals surface area (Å²) in [5.74, 6) is -0.0487. The van der Waals surface area contributed by atoms with Crippen LogP contribution in [0.15, 0.2) is 22.9 Å². The van der Waals surface area contributed by atoms with Crippen molar-refractivity contribution >= 4 is 21.8 Å². The number of carbonyl (C=O) groups is 1. The molecule has 0 atom stereocenters. The molecule has 0 aliphatic rings. The normalized spacial score (nSPS) is 10.7. The van der Waals surface area contributed by atoms with E-state index in [1.165, 1.54) is 0 Å². The predicted octanol–water partition coefficient (Wildman–Crippen LogP) is 1.67. The minimum absolute atomic E-state index is 0.0487. The van der Waals surface area contributed by atoms with Crippen molar-refractivity contribution in [3.63, 3.8) is 0 Å². The van der Waals surface area contributed by atoms with Crippen molar-refractivity contribution in [2.75, 3.05) is 7.05 Å². The highest BCUT2D eigenvalue weighted by Crippen LogP contribution is 2.17. The first kappa shape index (κ1) is 13.8. The summed E-state index contributed by atoms with van der Waals surface area (Å²) in [5.41, 5.74) is 1.56. The third-order valence-electron chi connectivity index (χ3n) is 2.98. The smallest absolute Gasteiger partial charge is 0.272 e. The monoisotopic (exact) mass is 325 g/mol. The number of halogens is 1. The van der Waals surface area contributed by atoms with Gasteiger partial charge in [0.1, 0.15) is 5.69 Å². The number of amides is 1. The summed E-state index contributed by atoms with van der Waals surface area (Å²) in [5, 5.41) is 8.25. The average Bonchev–Trinajstić information content (AvgIpc) is 2.99. The Labute approximate surface area is 120 Å². The molecule has 0 aromatic carbocycles. The summed E-state index contributed by atoms with van der Waals surface area (Å²) in [6.45, 7) is 3.13. The predicted molar refractivity (Wildman–Crippen MR) is 74.6 cm³/mol. The molecule has 2 aromatic rings. The van der Waals surface area contributed by atoms with Crippen molar-refractivity contribution in [3.05, 3.63) is 34.3 Å². The van der Waals surface area contributed by atoms with Gasteiger partial charge in [0.25, 0.3) is 5.91 Å². The van der Waals surface area contributed by atoms with Gasteiger partial charge in [0.15, 0.2) is 0 Å². The molecule has 2 heterocycles. The topological polar surface area (TPSA) is 56.0 Å². The van der Waals surface area contributed by atoms with E-state index in [9.17, 15) is 4.79 Å². The van der Waals surface area contributed by atoms with Crippen molar-refractivity contribution in [1.29, 1.82) is 0 Å². The van der Waals surface area contributed by atoms with Gasteiger partial charge in [0, 0.05) is 26.8 Å². The highest BCUT2D eigenvalue weighted by molar-refractivity contribution is 9.10. The summed E-state index contributed by atoms with van der Waals surface area (Å²) >= 11 is 3.43. The summed E-state index contributed by atoms with van der Waals surface area (Å²) < 4.78 is 4.35. The number of rotatable bonds is 4. The molecule has 0 saturated carbocycles. The maximum atomic E-state index is 12.4. The van der Waals surface area contributed by atoms with Crippen LogP contribution in [0, 0.1) is 0 Å². The second-order valence-corrected chi connectivity index (χ2v) is 5.11. The Bertz CT molecular complexity index is 569. The number of aryl methyl sites for hydroxylation is 2. The lowest BCUT2D eigenvalue weighted by Gasteiger charge is -2.18. The lowest BCUT2D eigenvalue weighted by molar-refractivity contribution is 0.0769. The van der Waals surface area contributed by atoms with Crippen molar-refractivity contribution < 1.29 is 4.79 Å². The van der Waals surface area contributed by atoms with Crippen molar-refractivity contribution in [2.24, 2.45) is 7.05 Å². The number of nitrogens with zero attached hydrogens (tertiary/aromatic N) is 5. The van der Waals surface area contributed by atoms with Gasteiger partial charge < -0.3 is 4.90 Å². The van der Waals surface area contributed by atoms with Crippen LogP contribution in [0.2, 0.25) is 0 Å². The fourth-order valence-electron chi connectivity index (χ4n) is 1.87. The van der Waals surface area contributed by atoms with Crippen LogP contribution in [0.1, 0.15) is 23.1 Å². The minimum atomic E-state index is -0.0487. The molecule has 6 nitrogen and oxygen atoms in total. The zero-order valence-corrected chi connectivity index (χ0v) is 12.8. The van der Waals surface area contributed by atoms with Crippen LogP contribution >= 0.6 is 15.9 Å². The van der Waals surface area contributed by atoms with E-state index in [0.717, 1.165) is 10.2 Å². The highest BCUT2D eigenvalue weighted by atomic mass is 79.9. The molecule has 0 saturated heterocycles. The Kier molecular flexibility index (Phi) is 4.04. The summed E-state index contributed by atoms with van der Waals surface area (Å²) in [4.78, 5) is 14.0. The Morgan fingerprint density at radius 3 is 2.79 bits per heavy atom. The van der Waals surface area contributed by atoms with E-state index in [-0.39, 0.29) is 5.91 Å². The molecule has 2 aromatic heterocycles. The molecule has 0 radical (unpaired) electrons. The molecule has 0 N–H and O–H groups in total. The molecule has 0 fully saturated rings. The first-order valence-electron chi connectivity index (χ1n) is 5.98. The zero-order valence-electron chi connectivity index (χ0n) is 11.2. The van der Waals surface area contributed by atoms with Gasteiger partial charge in [-0.15, -0.1) is 0 Å². The molecular formula is C12H16BrN5O. The lowest BCUT2D eigenvalue weighted by atomic mass is 10.3. The quantitative estimate of drug-likeness (QED) is 0.859. The molecular weight excluding hydrogens is 310 g/mol. The lowest BCUT2D eigenvalue weighted by Crippen LogP contribution is -2.29. The Morgan fingerprint density at radius 1 is 1.47 bits per heavy atom. The molecule has 0 spiro atoms. The van der Waals surface area contributed by atoms with E-state index in [4.69, 9.17) is 0 Å². The number of aromatic nitrogens is 4. The second kappa shape index (κ2) is 5.56. The van der Waals surface area contributed by atoms with E-state index in [1.54, 1.807) is 39.8 Å². The van der Waals surface area contributed by atoms with Crippen LogP contribution < -0.4 is 0 Å². The average molecular weight is 326 g/mol. The summed E-state index contributed by atoms with van der Waals surface area (Å²) in [6, 6.07) is 1.74. The number of hydrogen-bond acceptors (Lipinski definition) is 3. The van der Waals surface area contributed by atoms with Gasteiger partial charge in [0.2, 0.25) is 0 Å². The first-order valence-corrected chi connectivity index (χ1v) is 6.77. The molecule has 0 aliphatic carbocycles. The highest BCUT2D eigenvalue weighted by Gasteiger charge is 2.18. The van der Waals surface area contributed by atoms with Crippen LogP contribution in [0.25, 0.3) is 0 Å². The Balaban J connectivity index is 2.16. The molecule has 0 unspecified atom stereocenters. The summed E-state index contributed by atoms with van der Waals surface area (Å²) in [6.07, 6.45) is 3.37. The van der Waals surface area contributed by atoms with Gasteiger partial charge >= 0.3 is 0 Å². The third-order valence-corrected chi connectivity index (χ3v) is 3.64. The molecule has 2 rings (SSSR count). The molecule has 102 valence electrons. The third kappa shape index (κ3) is 2.70. The van der Waals surface area contributed by atoms with E-state index < -0.39 is 0 Å². The minimum Gasteiger partial charge on any atom is -0.334 e. The standard InChI is InChI=1S/C12H16BrN5O/c1-4-18-10(5-6-14-18)12(19)16(2)8-11-9(13)7-15-17(11)3/h5-7H,4,8H2,1-3H3. The second-order valence-electron chi connectivity index (χ2n) is 4.26. The van der Waals surface area contributed by atoms with Crippen LogP contribution in [0.3, 0.4) is 0 Å². The molecule has 0 bridgehead atoms. The van der Waals surface area contributed by atoms with Gasteiger partial charge in [0.05, 0.1) is 22.9 Å². The molecule has 19 heavy (non-hydrogen) atoms. The fourth-order valence-corrected chi connectivity index (χ4v) is 2.35. The van der Waals surface area contributed by atoms with Gasteiger partial charge in [-0.05, 0) is 28.9 Å². The maximum Gasteiger partial charge on any atom is 0.272 e. The van der Waals surface area contributed by atoms with Crippen LogP contribution in [-0.2, 0) is 20.1 Å². The zero-order chi connectivity index (χ0) is 14.0. The maximum absolute atomic E-state index is 12.4. The largest absolute Gasteiger partial charge is 0.334 e. The van der Waals surface area contributed by atoms with Gasteiger partial charge in [-0.25, -0.2) is 0 Å². The van der Waals surface area contributed by atoms with E-state index in [2.05, 4.69) is 26.1 Å². The van der Waals surface area contributed by atoms with Crippen molar-refractivity contribution in [3.8, 4) is 0 Å².